The minimum atomic E-state index is -0.463. The zero-order valence-corrected chi connectivity index (χ0v) is 14.5. The van der Waals surface area contributed by atoms with Gasteiger partial charge in [-0.15, -0.1) is 0 Å². The summed E-state index contributed by atoms with van der Waals surface area (Å²) in [6.45, 7) is 7.65. The molecule has 122 valence electrons. The standard InChI is InChI=1S/C9H12O3S.C5H9N2OS/c1-6-4-7(2)9(8(3)5-6)13-12-11-10;1-4(8)5-7(6)2-3-9-5/h4-5,10H,1-3H3;2-4,8H,6H2,1H3/q;+1/p-1. The van der Waals surface area contributed by atoms with Gasteiger partial charge in [0.15, 0.2) is 0 Å². The van der Waals surface area contributed by atoms with Gasteiger partial charge in [-0.3, -0.25) is 5.04 Å². The molecule has 1 heterocycles. The van der Waals surface area contributed by atoms with Gasteiger partial charge in [0, 0.05) is 4.90 Å². The lowest BCUT2D eigenvalue weighted by atomic mass is 10.1. The summed E-state index contributed by atoms with van der Waals surface area (Å²) in [7, 11) is 0. The van der Waals surface area contributed by atoms with Crippen molar-refractivity contribution in [3.63, 3.8) is 0 Å². The van der Waals surface area contributed by atoms with Gasteiger partial charge in [0.1, 0.15) is 6.10 Å². The summed E-state index contributed by atoms with van der Waals surface area (Å²) in [6.07, 6.45) is 1.25. The third-order valence-electron chi connectivity index (χ3n) is 2.77. The molecule has 3 N–H and O–H groups in total. The van der Waals surface area contributed by atoms with Gasteiger partial charge in [0.25, 0.3) is 5.01 Å². The summed E-state index contributed by atoms with van der Waals surface area (Å²) < 4.78 is 5.71. The minimum absolute atomic E-state index is 0.463. The maximum atomic E-state index is 9.65. The van der Waals surface area contributed by atoms with Crippen LogP contribution in [0.1, 0.15) is 34.7 Å². The number of hydrogen-bond donors (Lipinski definition) is 2. The van der Waals surface area contributed by atoms with Gasteiger partial charge >= 0.3 is 0 Å². The van der Waals surface area contributed by atoms with E-state index in [9.17, 15) is 5.26 Å². The molecule has 1 aromatic heterocycles. The van der Waals surface area contributed by atoms with Crippen LogP contribution in [0.15, 0.2) is 28.6 Å². The maximum absolute atomic E-state index is 9.65. The molecule has 1 aromatic carbocycles. The van der Waals surface area contributed by atoms with Gasteiger partial charge in [0.2, 0.25) is 6.20 Å². The predicted octanol–water partition coefficient (Wildman–Crippen LogP) is 1.65. The van der Waals surface area contributed by atoms with Crippen LogP contribution in [0.25, 0.3) is 0 Å². The Bertz CT molecular complexity index is 579. The first-order valence-electron chi connectivity index (χ1n) is 6.50. The second-order valence-corrected chi connectivity index (χ2v) is 6.41. The third-order valence-corrected chi connectivity index (χ3v) is 4.76. The number of aromatic nitrogens is 1. The fourth-order valence-corrected chi connectivity index (χ4v) is 3.15. The molecule has 1 unspecified atom stereocenters. The molecule has 8 heteroatoms. The molecule has 0 bridgehead atoms. The van der Waals surface area contributed by atoms with E-state index in [-0.39, 0.29) is 0 Å². The van der Waals surface area contributed by atoms with E-state index in [1.807, 2.05) is 38.3 Å². The van der Waals surface area contributed by atoms with Crippen LogP contribution in [0.2, 0.25) is 0 Å². The number of benzene rings is 1. The minimum Gasteiger partial charge on any atom is -0.691 e. The van der Waals surface area contributed by atoms with Crippen molar-refractivity contribution in [3.05, 3.63) is 45.4 Å². The second kappa shape index (κ2) is 9.09. The molecule has 0 spiro atoms. The quantitative estimate of drug-likeness (QED) is 0.288. The summed E-state index contributed by atoms with van der Waals surface area (Å²) in [5.74, 6) is 5.41. The van der Waals surface area contributed by atoms with Crippen LogP contribution in [-0.2, 0) is 9.37 Å². The first-order valence-corrected chi connectivity index (χ1v) is 8.12. The highest BCUT2D eigenvalue weighted by Gasteiger charge is 2.14. The van der Waals surface area contributed by atoms with Crippen LogP contribution >= 0.6 is 23.4 Å². The van der Waals surface area contributed by atoms with Crippen molar-refractivity contribution in [1.29, 1.82) is 0 Å². The van der Waals surface area contributed by atoms with Gasteiger partial charge < -0.3 is 10.4 Å². The molecular formula is C14H20N2O4S2. The molecule has 6 nitrogen and oxygen atoms in total. The largest absolute Gasteiger partial charge is 0.691 e. The molecule has 2 aromatic rings. The fraction of sp³-hybridized carbons (Fsp3) is 0.357. The van der Waals surface area contributed by atoms with Gasteiger partial charge in [-0.25, -0.2) is 5.84 Å². The van der Waals surface area contributed by atoms with E-state index in [2.05, 4.69) is 9.37 Å². The Morgan fingerprint density at radius 3 is 2.27 bits per heavy atom. The topological polar surface area (TPSA) is 91.7 Å². The molecule has 0 radical (unpaired) electrons. The van der Waals surface area contributed by atoms with Crippen molar-refractivity contribution < 1.29 is 24.4 Å². The summed E-state index contributed by atoms with van der Waals surface area (Å²) in [5, 5.41) is 24.6. The molecule has 0 aliphatic rings. The summed E-state index contributed by atoms with van der Waals surface area (Å²) in [5.41, 5.74) is 3.36. The smallest absolute Gasteiger partial charge is 0.294 e. The number of aryl methyl sites for hydroxylation is 3. The predicted molar refractivity (Wildman–Crippen MR) is 84.0 cm³/mol. The second-order valence-electron chi connectivity index (χ2n) is 4.77. The van der Waals surface area contributed by atoms with Gasteiger partial charge in [-0.05, 0) is 38.8 Å². The Kier molecular flexibility index (Phi) is 7.80. The molecule has 0 amide bonds. The molecule has 1 atom stereocenters. The van der Waals surface area contributed by atoms with Gasteiger partial charge in [0.05, 0.1) is 17.4 Å². The molecular weight excluding hydrogens is 324 g/mol. The number of thiazole rings is 1. The van der Waals surface area contributed by atoms with Crippen LogP contribution in [0.4, 0.5) is 0 Å². The van der Waals surface area contributed by atoms with Crippen molar-refractivity contribution in [1.82, 2.24) is 0 Å². The summed E-state index contributed by atoms with van der Waals surface area (Å²) >= 11 is 2.39. The molecule has 0 fully saturated rings. The lowest BCUT2D eigenvalue weighted by molar-refractivity contribution is -0.777. The van der Waals surface area contributed by atoms with E-state index in [1.54, 1.807) is 13.1 Å². The number of nitrogens with zero attached hydrogens (tertiary/aromatic N) is 1. The zero-order valence-electron chi connectivity index (χ0n) is 12.9. The van der Waals surface area contributed by atoms with Crippen LogP contribution < -0.4 is 15.8 Å². The zero-order chi connectivity index (χ0) is 16.7. The van der Waals surface area contributed by atoms with E-state index < -0.39 is 6.10 Å². The van der Waals surface area contributed by atoms with E-state index in [4.69, 9.17) is 10.9 Å². The molecule has 0 aliphatic carbocycles. The SMILES string of the molecule is CC(O)c1scc[n+]1N.Cc1cc(C)c(SOO[O-])c(C)c1. The third kappa shape index (κ3) is 5.56. The molecule has 22 heavy (non-hydrogen) atoms. The Morgan fingerprint density at radius 1 is 1.32 bits per heavy atom. The highest BCUT2D eigenvalue weighted by molar-refractivity contribution is 7.94. The van der Waals surface area contributed by atoms with Crippen molar-refractivity contribution in [2.75, 3.05) is 5.84 Å². The highest BCUT2D eigenvalue weighted by atomic mass is 32.2. The number of rotatable bonds is 4. The lowest BCUT2D eigenvalue weighted by Gasteiger charge is -2.10. The maximum Gasteiger partial charge on any atom is 0.294 e. The van der Waals surface area contributed by atoms with Crippen LogP contribution in [-0.4, -0.2) is 5.11 Å². The monoisotopic (exact) mass is 344 g/mol. The van der Waals surface area contributed by atoms with E-state index >= 15 is 0 Å². The number of nitrogen functional groups attached to an aromatic ring is 1. The van der Waals surface area contributed by atoms with E-state index in [0.29, 0.717) is 0 Å². The van der Waals surface area contributed by atoms with Crippen LogP contribution in [0.3, 0.4) is 0 Å². The normalized spacial score (nSPS) is 11.7. The number of aliphatic hydroxyl groups is 1. The number of aliphatic hydroxyl groups excluding tert-OH is 1. The average molecular weight is 344 g/mol. The van der Waals surface area contributed by atoms with Crippen LogP contribution in [0.5, 0.6) is 0 Å². The molecule has 0 saturated carbocycles. The Morgan fingerprint density at radius 2 is 1.91 bits per heavy atom. The Balaban J connectivity index is 0.000000235. The number of hydrogen-bond acceptors (Lipinski definition) is 7. The van der Waals surface area contributed by atoms with Crippen molar-refractivity contribution in [2.45, 2.75) is 38.7 Å². The summed E-state index contributed by atoms with van der Waals surface area (Å²) in [4.78, 5) is 0.932. The van der Waals surface area contributed by atoms with Crippen molar-refractivity contribution >= 4 is 23.4 Å². The first kappa shape index (κ1) is 18.9. The van der Waals surface area contributed by atoms with Gasteiger partial charge in [-0.2, -0.15) is 4.33 Å². The highest BCUT2D eigenvalue weighted by Crippen LogP contribution is 2.27. The van der Waals surface area contributed by atoms with Crippen molar-refractivity contribution in [2.24, 2.45) is 0 Å². The van der Waals surface area contributed by atoms with Crippen molar-refractivity contribution in [3.8, 4) is 0 Å². The fourth-order valence-electron chi connectivity index (χ4n) is 1.96. The van der Waals surface area contributed by atoms with E-state index in [1.165, 1.54) is 21.6 Å². The molecule has 0 aliphatic heterocycles. The lowest BCUT2D eigenvalue weighted by Crippen LogP contribution is -2.46. The first-order chi connectivity index (χ1) is 10.4. The Hall–Kier alpha value is -1.16. The van der Waals surface area contributed by atoms with Gasteiger partial charge in [-0.1, -0.05) is 33.7 Å². The van der Waals surface area contributed by atoms with E-state index in [0.717, 1.165) is 33.1 Å². The Labute approximate surface area is 138 Å². The number of nitrogens with two attached hydrogens (primary N) is 1. The summed E-state index contributed by atoms with van der Waals surface area (Å²) in [6, 6.07) is 4.06. The average Bonchev–Trinajstić information content (AvgIpc) is 2.85. The van der Waals surface area contributed by atoms with Crippen LogP contribution in [0, 0.1) is 20.8 Å². The molecule has 0 saturated heterocycles. The molecule has 2 rings (SSSR count).